The SMILES string of the molecule is O=C(CSc1cn(Cc2ccc(Cl)cc2)c2ccccc12)Nc1ccccc1. The molecule has 28 heavy (non-hydrogen) atoms. The van der Waals surface area contributed by atoms with Crippen LogP contribution in [0.4, 0.5) is 5.69 Å². The molecule has 0 saturated carbocycles. The summed E-state index contributed by atoms with van der Waals surface area (Å²) in [6.07, 6.45) is 2.12. The Hall–Kier alpha value is -2.69. The van der Waals surface area contributed by atoms with E-state index in [2.05, 4.69) is 28.2 Å². The van der Waals surface area contributed by atoms with Crippen molar-refractivity contribution in [2.75, 3.05) is 11.1 Å². The zero-order valence-corrected chi connectivity index (χ0v) is 16.7. The predicted molar refractivity (Wildman–Crippen MR) is 118 cm³/mol. The standard InChI is InChI=1S/C23H19ClN2OS/c24-18-12-10-17(11-13-18)14-26-15-22(20-8-4-5-9-21(20)26)28-16-23(27)25-19-6-2-1-3-7-19/h1-13,15H,14,16H2,(H,25,27). The van der Waals surface area contributed by atoms with E-state index >= 15 is 0 Å². The average molecular weight is 407 g/mol. The maximum atomic E-state index is 12.3. The molecule has 0 spiro atoms. The largest absolute Gasteiger partial charge is 0.342 e. The van der Waals surface area contributed by atoms with E-state index in [1.165, 1.54) is 5.56 Å². The normalized spacial score (nSPS) is 10.9. The van der Waals surface area contributed by atoms with Crippen LogP contribution in [0.25, 0.3) is 10.9 Å². The molecule has 140 valence electrons. The monoisotopic (exact) mass is 406 g/mol. The Morgan fingerprint density at radius 2 is 1.64 bits per heavy atom. The van der Waals surface area contributed by atoms with Gasteiger partial charge in [-0.15, -0.1) is 11.8 Å². The van der Waals surface area contributed by atoms with Crippen molar-refractivity contribution >= 4 is 45.9 Å². The molecule has 5 heteroatoms. The number of carbonyl (C=O) groups is 1. The number of carbonyl (C=O) groups excluding carboxylic acids is 1. The number of benzene rings is 3. The van der Waals surface area contributed by atoms with Gasteiger partial charge in [0, 0.05) is 39.3 Å². The van der Waals surface area contributed by atoms with Gasteiger partial charge in [-0.05, 0) is 35.9 Å². The molecule has 0 fully saturated rings. The maximum Gasteiger partial charge on any atom is 0.234 e. The molecular weight excluding hydrogens is 388 g/mol. The number of nitrogens with zero attached hydrogens (tertiary/aromatic N) is 1. The van der Waals surface area contributed by atoms with Gasteiger partial charge in [0.2, 0.25) is 5.91 Å². The second-order valence-corrected chi connectivity index (χ2v) is 7.92. The summed E-state index contributed by atoms with van der Waals surface area (Å²) in [5.41, 5.74) is 3.16. The molecule has 1 heterocycles. The van der Waals surface area contributed by atoms with Crippen molar-refractivity contribution in [3.63, 3.8) is 0 Å². The highest BCUT2D eigenvalue weighted by Gasteiger charge is 2.11. The Morgan fingerprint density at radius 1 is 0.929 bits per heavy atom. The third-order valence-electron chi connectivity index (χ3n) is 4.43. The van der Waals surface area contributed by atoms with Crippen LogP contribution < -0.4 is 5.32 Å². The van der Waals surface area contributed by atoms with E-state index in [1.54, 1.807) is 11.8 Å². The van der Waals surface area contributed by atoms with E-state index in [-0.39, 0.29) is 5.91 Å². The lowest BCUT2D eigenvalue weighted by molar-refractivity contribution is -0.113. The zero-order valence-electron chi connectivity index (χ0n) is 15.1. The summed E-state index contributed by atoms with van der Waals surface area (Å²) in [6, 6.07) is 25.7. The van der Waals surface area contributed by atoms with Crippen molar-refractivity contribution in [2.45, 2.75) is 11.4 Å². The molecule has 1 amide bonds. The van der Waals surface area contributed by atoms with Crippen molar-refractivity contribution in [3.8, 4) is 0 Å². The van der Waals surface area contributed by atoms with Crippen LogP contribution in [0.1, 0.15) is 5.56 Å². The maximum absolute atomic E-state index is 12.3. The second-order valence-electron chi connectivity index (χ2n) is 6.47. The van der Waals surface area contributed by atoms with E-state index in [1.807, 2.05) is 66.7 Å². The number of thioether (sulfide) groups is 1. The fourth-order valence-corrected chi connectivity index (χ4v) is 4.12. The predicted octanol–water partition coefficient (Wildman–Crippen LogP) is 6.07. The van der Waals surface area contributed by atoms with Gasteiger partial charge in [0.05, 0.1) is 5.75 Å². The van der Waals surface area contributed by atoms with Crippen LogP contribution in [0.2, 0.25) is 5.02 Å². The molecule has 0 aliphatic carbocycles. The van der Waals surface area contributed by atoms with Gasteiger partial charge < -0.3 is 9.88 Å². The topological polar surface area (TPSA) is 34.0 Å². The van der Waals surface area contributed by atoms with Crippen LogP contribution in [0, 0.1) is 0 Å². The van der Waals surface area contributed by atoms with Crippen molar-refractivity contribution in [2.24, 2.45) is 0 Å². The van der Waals surface area contributed by atoms with Crippen LogP contribution >= 0.6 is 23.4 Å². The van der Waals surface area contributed by atoms with E-state index < -0.39 is 0 Å². The Bertz CT molecular complexity index is 1090. The number of rotatable bonds is 6. The van der Waals surface area contributed by atoms with Gasteiger partial charge in [0.25, 0.3) is 0 Å². The molecule has 1 aromatic heterocycles. The van der Waals surface area contributed by atoms with Gasteiger partial charge in [0.1, 0.15) is 0 Å². The van der Waals surface area contributed by atoms with Gasteiger partial charge in [-0.3, -0.25) is 4.79 Å². The average Bonchev–Trinajstić information content (AvgIpc) is 3.07. The summed E-state index contributed by atoms with van der Waals surface area (Å²) < 4.78 is 2.22. The fourth-order valence-electron chi connectivity index (χ4n) is 3.11. The van der Waals surface area contributed by atoms with E-state index in [4.69, 9.17) is 11.6 Å². The van der Waals surface area contributed by atoms with Crippen molar-refractivity contribution in [1.82, 2.24) is 4.57 Å². The molecule has 0 atom stereocenters. The Labute approximate surface area is 173 Å². The summed E-state index contributed by atoms with van der Waals surface area (Å²) in [6.45, 7) is 0.758. The van der Waals surface area contributed by atoms with Crippen molar-refractivity contribution in [1.29, 1.82) is 0 Å². The fraction of sp³-hybridized carbons (Fsp3) is 0.0870. The number of anilines is 1. The van der Waals surface area contributed by atoms with Crippen LogP contribution in [-0.4, -0.2) is 16.2 Å². The highest BCUT2D eigenvalue weighted by Crippen LogP contribution is 2.30. The quantitative estimate of drug-likeness (QED) is 0.394. The first-order chi connectivity index (χ1) is 13.7. The van der Waals surface area contributed by atoms with E-state index in [0.717, 1.165) is 33.1 Å². The molecule has 3 aromatic carbocycles. The Kier molecular flexibility index (Phi) is 5.70. The Morgan fingerprint density at radius 3 is 2.43 bits per heavy atom. The van der Waals surface area contributed by atoms with Crippen LogP contribution in [0.5, 0.6) is 0 Å². The number of nitrogens with one attached hydrogen (secondary N) is 1. The third-order valence-corrected chi connectivity index (χ3v) is 5.73. The number of hydrogen-bond acceptors (Lipinski definition) is 2. The van der Waals surface area contributed by atoms with E-state index in [9.17, 15) is 4.79 Å². The lowest BCUT2D eigenvalue weighted by Gasteiger charge is -2.05. The smallest absolute Gasteiger partial charge is 0.234 e. The molecular formula is C23H19ClN2OS. The Balaban J connectivity index is 1.51. The molecule has 1 N–H and O–H groups in total. The minimum absolute atomic E-state index is 0.00858. The first-order valence-electron chi connectivity index (χ1n) is 8.99. The number of fused-ring (bicyclic) bond motifs is 1. The number of aromatic nitrogens is 1. The molecule has 4 rings (SSSR count). The minimum Gasteiger partial charge on any atom is -0.342 e. The van der Waals surface area contributed by atoms with E-state index in [0.29, 0.717) is 5.75 Å². The zero-order chi connectivity index (χ0) is 19.3. The molecule has 0 aliphatic rings. The van der Waals surface area contributed by atoms with Crippen LogP contribution in [-0.2, 0) is 11.3 Å². The lowest BCUT2D eigenvalue weighted by Crippen LogP contribution is -2.13. The third kappa shape index (κ3) is 4.41. The summed E-state index contributed by atoms with van der Waals surface area (Å²) in [5, 5.41) is 4.83. The van der Waals surface area contributed by atoms with Crippen LogP contribution in [0.3, 0.4) is 0 Å². The molecule has 0 aliphatic heterocycles. The van der Waals surface area contributed by atoms with Crippen molar-refractivity contribution in [3.05, 3.63) is 95.6 Å². The molecule has 0 bridgehead atoms. The summed E-state index contributed by atoms with van der Waals surface area (Å²) in [5.74, 6) is 0.356. The minimum atomic E-state index is -0.00858. The summed E-state index contributed by atoms with van der Waals surface area (Å²) in [7, 11) is 0. The molecule has 4 aromatic rings. The number of amides is 1. The molecule has 0 unspecified atom stereocenters. The van der Waals surface area contributed by atoms with Crippen LogP contribution in [0.15, 0.2) is 90.0 Å². The highest BCUT2D eigenvalue weighted by molar-refractivity contribution is 8.00. The van der Waals surface area contributed by atoms with Gasteiger partial charge in [-0.25, -0.2) is 0 Å². The summed E-state index contributed by atoms with van der Waals surface area (Å²) >= 11 is 7.55. The number of halogens is 1. The van der Waals surface area contributed by atoms with Gasteiger partial charge >= 0.3 is 0 Å². The molecule has 0 saturated heterocycles. The van der Waals surface area contributed by atoms with Gasteiger partial charge in [-0.1, -0.05) is 60.1 Å². The van der Waals surface area contributed by atoms with Gasteiger partial charge in [-0.2, -0.15) is 0 Å². The molecule has 3 nitrogen and oxygen atoms in total. The van der Waals surface area contributed by atoms with Gasteiger partial charge in [0.15, 0.2) is 0 Å². The first kappa shape index (κ1) is 18.7. The molecule has 0 radical (unpaired) electrons. The summed E-state index contributed by atoms with van der Waals surface area (Å²) in [4.78, 5) is 13.4. The lowest BCUT2D eigenvalue weighted by atomic mass is 10.2. The highest BCUT2D eigenvalue weighted by atomic mass is 35.5. The first-order valence-corrected chi connectivity index (χ1v) is 10.4. The second kappa shape index (κ2) is 8.55. The van der Waals surface area contributed by atoms with Crippen molar-refractivity contribution < 1.29 is 4.79 Å². The number of para-hydroxylation sites is 2. The number of hydrogen-bond donors (Lipinski definition) is 1.